The second kappa shape index (κ2) is 8.49. The number of carbonyl (C=O) groups is 1. The van der Waals surface area contributed by atoms with Gasteiger partial charge in [-0.2, -0.15) is 0 Å². The van der Waals surface area contributed by atoms with Gasteiger partial charge in [0.25, 0.3) is 5.91 Å². The normalized spacial score (nSPS) is 17.0. The lowest BCUT2D eigenvalue weighted by molar-refractivity contribution is -0.118. The molecule has 0 saturated carbocycles. The first kappa shape index (κ1) is 19.7. The van der Waals surface area contributed by atoms with E-state index in [2.05, 4.69) is 59.2 Å². The summed E-state index contributed by atoms with van der Waals surface area (Å²) in [5, 5.41) is 15.4. The van der Waals surface area contributed by atoms with Gasteiger partial charge in [0, 0.05) is 17.1 Å². The van der Waals surface area contributed by atoms with E-state index in [9.17, 15) is 4.79 Å². The molecule has 0 saturated heterocycles. The fourth-order valence-electron chi connectivity index (χ4n) is 3.87. The summed E-state index contributed by atoms with van der Waals surface area (Å²) >= 11 is 1.81. The fourth-order valence-corrected chi connectivity index (χ4v) is 5.21. The molecule has 0 aliphatic carbocycles. The van der Waals surface area contributed by atoms with Crippen LogP contribution in [-0.4, -0.2) is 30.8 Å². The van der Waals surface area contributed by atoms with Crippen molar-refractivity contribution in [2.24, 2.45) is 0 Å². The summed E-state index contributed by atoms with van der Waals surface area (Å²) in [4.78, 5) is 13.0. The van der Waals surface area contributed by atoms with E-state index in [1.165, 1.54) is 16.0 Å². The third-order valence-corrected chi connectivity index (χ3v) is 6.71. The Morgan fingerprint density at radius 1 is 1.10 bits per heavy atom. The Bertz CT molecular complexity index is 1160. The molecule has 0 radical (unpaired) electrons. The molecule has 0 fully saturated rings. The highest BCUT2D eigenvalue weighted by molar-refractivity contribution is 8.00. The molecule has 5 rings (SSSR count). The molecule has 0 bridgehead atoms. The van der Waals surface area contributed by atoms with Gasteiger partial charge in [-0.1, -0.05) is 42.5 Å². The lowest BCUT2D eigenvalue weighted by Crippen LogP contribution is -2.25. The maximum absolute atomic E-state index is 11.8. The smallest absolute Gasteiger partial charge is 0.262 e. The van der Waals surface area contributed by atoms with Crippen LogP contribution >= 0.6 is 11.8 Å². The van der Waals surface area contributed by atoms with Gasteiger partial charge in [0.05, 0.1) is 17.5 Å². The Morgan fingerprint density at radius 2 is 1.97 bits per heavy atom. The van der Waals surface area contributed by atoms with E-state index in [0.717, 1.165) is 16.8 Å². The molecule has 5 nitrogen and oxygen atoms in total. The summed E-state index contributed by atoms with van der Waals surface area (Å²) in [7, 11) is 0. The van der Waals surface area contributed by atoms with E-state index < -0.39 is 0 Å². The molecule has 3 aromatic carbocycles. The van der Waals surface area contributed by atoms with Crippen LogP contribution in [0.3, 0.4) is 0 Å². The van der Waals surface area contributed by atoms with Gasteiger partial charge in [0.2, 0.25) is 0 Å². The van der Waals surface area contributed by atoms with Crippen molar-refractivity contribution in [2.75, 3.05) is 30.4 Å². The standard InChI is InChI=1S/C25H22N2O3S/c28-11-10-26-19-8-6-18-12-20(17-7-9-22-21(13-17)27-24(29)15-30-22)25(31-23(18)14-19)16-4-2-1-3-5-16/h1-9,12-14,25-26,28H,10-11,15H2,(H,27,29). The average molecular weight is 431 g/mol. The Labute approximate surface area is 185 Å². The fraction of sp³-hybridized carbons (Fsp3) is 0.160. The molecular weight excluding hydrogens is 408 g/mol. The minimum absolute atomic E-state index is 0.0531. The van der Waals surface area contributed by atoms with Crippen molar-refractivity contribution < 1.29 is 14.6 Å². The zero-order valence-electron chi connectivity index (χ0n) is 16.8. The number of benzene rings is 3. The Hall–Kier alpha value is -3.22. The Morgan fingerprint density at radius 3 is 2.81 bits per heavy atom. The quantitative estimate of drug-likeness (QED) is 0.542. The number of hydrogen-bond acceptors (Lipinski definition) is 5. The van der Waals surface area contributed by atoms with E-state index in [4.69, 9.17) is 9.84 Å². The van der Waals surface area contributed by atoms with Crippen molar-refractivity contribution in [2.45, 2.75) is 10.1 Å². The number of nitrogens with one attached hydrogen (secondary N) is 2. The summed E-state index contributed by atoms with van der Waals surface area (Å²) in [6.45, 7) is 0.673. The summed E-state index contributed by atoms with van der Waals surface area (Å²) in [5.41, 5.74) is 6.32. The Kier molecular flexibility index (Phi) is 5.40. The molecule has 2 aliphatic rings. The van der Waals surface area contributed by atoms with Crippen LogP contribution in [0.15, 0.2) is 71.6 Å². The molecule has 0 aromatic heterocycles. The highest BCUT2D eigenvalue weighted by Gasteiger charge is 2.26. The second-order valence-corrected chi connectivity index (χ2v) is 8.61. The van der Waals surface area contributed by atoms with Crippen LogP contribution in [0.25, 0.3) is 11.6 Å². The summed E-state index contributed by atoms with van der Waals surface area (Å²) < 4.78 is 5.53. The van der Waals surface area contributed by atoms with Crippen LogP contribution in [0.1, 0.15) is 21.9 Å². The van der Waals surface area contributed by atoms with E-state index in [1.807, 2.05) is 36.0 Å². The lowest BCUT2D eigenvalue weighted by Gasteiger charge is -2.28. The number of ether oxygens (including phenoxy) is 1. The summed E-state index contributed by atoms with van der Waals surface area (Å²) in [6, 6.07) is 22.7. The van der Waals surface area contributed by atoms with Gasteiger partial charge in [-0.25, -0.2) is 0 Å². The van der Waals surface area contributed by atoms with Gasteiger partial charge in [0.15, 0.2) is 6.61 Å². The van der Waals surface area contributed by atoms with Gasteiger partial charge in [-0.15, -0.1) is 11.8 Å². The van der Waals surface area contributed by atoms with Crippen LogP contribution in [0.5, 0.6) is 5.75 Å². The SMILES string of the molecule is O=C1COc2ccc(C3=Cc4ccc(NCCO)cc4SC3c3ccccc3)cc2N1. The maximum atomic E-state index is 11.8. The first-order valence-corrected chi connectivity index (χ1v) is 11.1. The van der Waals surface area contributed by atoms with Crippen molar-refractivity contribution in [3.8, 4) is 5.75 Å². The molecular formula is C25H22N2O3S. The van der Waals surface area contributed by atoms with Crippen LogP contribution in [0, 0.1) is 0 Å². The molecule has 1 atom stereocenters. The Balaban J connectivity index is 1.58. The minimum atomic E-state index is -0.135. The predicted octanol–water partition coefficient (Wildman–Crippen LogP) is 4.81. The van der Waals surface area contributed by atoms with Gasteiger partial charge >= 0.3 is 0 Å². The number of aliphatic hydroxyl groups excluding tert-OH is 1. The number of thioether (sulfide) groups is 1. The van der Waals surface area contributed by atoms with Crippen LogP contribution < -0.4 is 15.4 Å². The zero-order valence-corrected chi connectivity index (χ0v) is 17.6. The van der Waals surface area contributed by atoms with Gasteiger partial charge in [-0.3, -0.25) is 4.79 Å². The third kappa shape index (κ3) is 4.04. The van der Waals surface area contributed by atoms with Crippen molar-refractivity contribution >= 4 is 40.7 Å². The number of anilines is 2. The third-order valence-electron chi connectivity index (χ3n) is 5.34. The first-order valence-electron chi connectivity index (χ1n) is 10.2. The number of rotatable bonds is 5. The molecule has 1 unspecified atom stereocenters. The molecule has 0 spiro atoms. The van der Waals surface area contributed by atoms with E-state index in [1.54, 1.807) is 0 Å². The monoisotopic (exact) mass is 430 g/mol. The van der Waals surface area contributed by atoms with Gasteiger partial charge < -0.3 is 20.5 Å². The molecule has 31 heavy (non-hydrogen) atoms. The molecule has 3 aromatic rings. The zero-order chi connectivity index (χ0) is 21.2. The number of fused-ring (bicyclic) bond motifs is 2. The van der Waals surface area contributed by atoms with Crippen LogP contribution in [-0.2, 0) is 4.79 Å². The van der Waals surface area contributed by atoms with Crippen LogP contribution in [0.4, 0.5) is 11.4 Å². The lowest BCUT2D eigenvalue weighted by atomic mass is 9.94. The largest absolute Gasteiger partial charge is 0.482 e. The molecule has 1 amide bonds. The van der Waals surface area contributed by atoms with Crippen molar-refractivity contribution in [3.05, 3.63) is 83.4 Å². The summed E-state index contributed by atoms with van der Waals surface area (Å²) in [6.07, 6.45) is 2.23. The molecule has 2 heterocycles. The average Bonchev–Trinajstić information content (AvgIpc) is 2.82. The summed E-state index contributed by atoms with van der Waals surface area (Å²) in [5.74, 6) is 0.563. The highest BCUT2D eigenvalue weighted by Crippen LogP contribution is 2.51. The second-order valence-electron chi connectivity index (χ2n) is 7.46. The number of aliphatic hydroxyl groups is 1. The first-order chi connectivity index (χ1) is 15.2. The highest BCUT2D eigenvalue weighted by atomic mass is 32.2. The molecule has 2 aliphatic heterocycles. The topological polar surface area (TPSA) is 70.6 Å². The number of hydrogen-bond donors (Lipinski definition) is 3. The minimum Gasteiger partial charge on any atom is -0.482 e. The van der Waals surface area contributed by atoms with E-state index >= 15 is 0 Å². The molecule has 3 N–H and O–H groups in total. The predicted molar refractivity (Wildman–Crippen MR) is 125 cm³/mol. The van der Waals surface area contributed by atoms with Crippen molar-refractivity contribution in [1.29, 1.82) is 0 Å². The molecule has 6 heteroatoms. The van der Waals surface area contributed by atoms with Gasteiger partial charge in [-0.05, 0) is 52.6 Å². The van der Waals surface area contributed by atoms with Gasteiger partial charge in [0.1, 0.15) is 5.75 Å². The van der Waals surface area contributed by atoms with Crippen LogP contribution in [0.2, 0.25) is 0 Å². The van der Waals surface area contributed by atoms with E-state index in [0.29, 0.717) is 18.0 Å². The maximum Gasteiger partial charge on any atom is 0.262 e. The number of amides is 1. The van der Waals surface area contributed by atoms with Crippen molar-refractivity contribution in [1.82, 2.24) is 0 Å². The number of carbonyl (C=O) groups excluding carboxylic acids is 1. The van der Waals surface area contributed by atoms with E-state index in [-0.39, 0.29) is 24.4 Å². The molecule has 156 valence electrons. The van der Waals surface area contributed by atoms with Crippen molar-refractivity contribution in [3.63, 3.8) is 0 Å².